The van der Waals surface area contributed by atoms with Crippen LogP contribution < -0.4 is 14.8 Å². The number of hydrogen-bond acceptors (Lipinski definition) is 7. The molecule has 1 aliphatic rings. The van der Waals surface area contributed by atoms with Gasteiger partial charge in [0.25, 0.3) is 0 Å². The number of H-pyrrole nitrogens is 1. The number of fused-ring (bicyclic) bond motifs is 1. The van der Waals surface area contributed by atoms with E-state index in [-0.39, 0.29) is 18.6 Å². The molecule has 1 aromatic heterocycles. The Morgan fingerprint density at radius 3 is 2.81 bits per heavy atom. The van der Waals surface area contributed by atoms with E-state index in [0.717, 1.165) is 47.2 Å². The van der Waals surface area contributed by atoms with Gasteiger partial charge in [-0.1, -0.05) is 23.7 Å². The van der Waals surface area contributed by atoms with Crippen LogP contribution in [0.4, 0.5) is 4.79 Å². The van der Waals surface area contributed by atoms with Crippen molar-refractivity contribution in [3.8, 4) is 11.6 Å². The van der Waals surface area contributed by atoms with Crippen molar-refractivity contribution in [3.63, 3.8) is 0 Å². The molecule has 8 nitrogen and oxygen atoms in total. The fourth-order valence-corrected chi connectivity index (χ4v) is 5.49. The summed E-state index contributed by atoms with van der Waals surface area (Å²) in [7, 11) is 5.69. The van der Waals surface area contributed by atoms with E-state index in [1.54, 1.807) is 20.1 Å². The minimum atomic E-state index is -0.955. The van der Waals surface area contributed by atoms with Crippen LogP contribution in [0.5, 0.6) is 11.6 Å². The van der Waals surface area contributed by atoms with Crippen molar-refractivity contribution < 1.29 is 24.1 Å². The molecule has 1 aliphatic carbocycles. The van der Waals surface area contributed by atoms with E-state index in [0.29, 0.717) is 23.9 Å². The highest BCUT2D eigenvalue weighted by Gasteiger charge is 2.43. The van der Waals surface area contributed by atoms with Gasteiger partial charge in [0.15, 0.2) is 0 Å². The molecule has 1 heterocycles. The molecule has 3 unspecified atom stereocenters. The van der Waals surface area contributed by atoms with Crippen molar-refractivity contribution in [2.45, 2.75) is 44.4 Å². The summed E-state index contributed by atoms with van der Waals surface area (Å²) in [5.41, 5.74) is 1.56. The molecule has 200 valence electrons. The van der Waals surface area contributed by atoms with Gasteiger partial charge in [-0.25, -0.2) is 4.79 Å². The number of methoxy groups -OCH3 is 1. The molecular weight excluding hydrogens is 494 g/mol. The molecule has 0 spiro atoms. The number of nitrogens with one attached hydrogen (secondary N) is 2. The summed E-state index contributed by atoms with van der Waals surface area (Å²) in [6, 6.07) is 13.4. The van der Waals surface area contributed by atoms with Gasteiger partial charge < -0.3 is 34.5 Å². The number of aliphatic hydroxyl groups is 1. The highest BCUT2D eigenvalue weighted by Crippen LogP contribution is 2.43. The standard InChI is InChI=1S/C28H36ClN3O5/c1-5-36-27(33)37-26-24(23-15-20(29)9-10-25(23)31-26)16-30-21-11-12-28(34,19(13-21)17-32(2)3)18-7-6-8-22(14-18)35-4/h6-10,14-15,19,21,30-31,34H,5,11-13,16-17H2,1-4H3. The number of aromatic nitrogens is 1. The van der Waals surface area contributed by atoms with E-state index >= 15 is 0 Å². The molecule has 0 radical (unpaired) electrons. The molecule has 3 N–H and O–H groups in total. The third-order valence-corrected chi connectivity index (χ3v) is 7.35. The zero-order valence-corrected chi connectivity index (χ0v) is 22.6. The van der Waals surface area contributed by atoms with Crippen molar-refractivity contribution >= 4 is 28.7 Å². The molecule has 0 bridgehead atoms. The van der Waals surface area contributed by atoms with Crippen molar-refractivity contribution in [1.29, 1.82) is 0 Å². The van der Waals surface area contributed by atoms with Gasteiger partial charge in [-0.05, 0) is 76.2 Å². The summed E-state index contributed by atoms with van der Waals surface area (Å²) in [5, 5.41) is 17.0. The number of carbonyl (C=O) groups excluding carboxylic acids is 1. The minimum Gasteiger partial charge on any atom is -0.497 e. The van der Waals surface area contributed by atoms with Gasteiger partial charge in [0.2, 0.25) is 5.88 Å². The van der Waals surface area contributed by atoms with Crippen LogP contribution in [0.2, 0.25) is 5.02 Å². The molecule has 1 saturated carbocycles. The first-order valence-corrected chi connectivity index (χ1v) is 13.0. The molecule has 3 atom stereocenters. The Hall–Kier alpha value is -2.78. The maximum Gasteiger partial charge on any atom is 0.515 e. The van der Waals surface area contributed by atoms with E-state index in [2.05, 4.69) is 15.2 Å². The molecule has 2 aromatic carbocycles. The molecule has 0 amide bonds. The van der Waals surface area contributed by atoms with Gasteiger partial charge in [0.05, 0.1) is 19.3 Å². The fourth-order valence-electron chi connectivity index (χ4n) is 5.31. The smallest absolute Gasteiger partial charge is 0.497 e. The number of aromatic amines is 1. The number of nitrogens with zero attached hydrogens (tertiary/aromatic N) is 1. The summed E-state index contributed by atoms with van der Waals surface area (Å²) in [6.07, 6.45) is 1.42. The summed E-state index contributed by atoms with van der Waals surface area (Å²) in [4.78, 5) is 17.3. The van der Waals surface area contributed by atoms with E-state index in [1.165, 1.54) is 0 Å². The highest BCUT2D eigenvalue weighted by atomic mass is 35.5. The predicted molar refractivity (Wildman–Crippen MR) is 144 cm³/mol. The van der Waals surface area contributed by atoms with E-state index < -0.39 is 11.8 Å². The lowest BCUT2D eigenvalue weighted by Gasteiger charge is -2.45. The van der Waals surface area contributed by atoms with Gasteiger partial charge in [0, 0.05) is 46.5 Å². The van der Waals surface area contributed by atoms with Crippen LogP contribution in [-0.4, -0.2) is 61.5 Å². The monoisotopic (exact) mass is 529 g/mol. The third-order valence-electron chi connectivity index (χ3n) is 7.12. The summed E-state index contributed by atoms with van der Waals surface area (Å²) < 4.78 is 15.9. The van der Waals surface area contributed by atoms with E-state index in [9.17, 15) is 9.90 Å². The Labute approximate surface area is 222 Å². The number of ether oxygens (including phenoxy) is 3. The second-order valence-corrected chi connectivity index (χ2v) is 10.3. The molecule has 3 aromatic rings. The molecule has 9 heteroatoms. The number of carbonyl (C=O) groups is 1. The lowest BCUT2D eigenvalue weighted by atomic mass is 9.69. The van der Waals surface area contributed by atoms with Crippen LogP contribution in [-0.2, 0) is 16.9 Å². The lowest BCUT2D eigenvalue weighted by Crippen LogP contribution is -2.49. The maximum atomic E-state index is 12.1. The van der Waals surface area contributed by atoms with Crippen LogP contribution in [0.1, 0.15) is 37.3 Å². The highest BCUT2D eigenvalue weighted by molar-refractivity contribution is 6.31. The zero-order valence-electron chi connectivity index (χ0n) is 21.8. The maximum absolute atomic E-state index is 12.1. The van der Waals surface area contributed by atoms with E-state index in [4.69, 9.17) is 25.8 Å². The number of hydrogen-bond donors (Lipinski definition) is 3. The summed E-state index contributed by atoms with van der Waals surface area (Å²) >= 11 is 6.27. The molecule has 0 saturated heterocycles. The summed E-state index contributed by atoms with van der Waals surface area (Å²) in [5.74, 6) is 1.09. The first kappa shape index (κ1) is 27.3. The van der Waals surface area contributed by atoms with Gasteiger partial charge >= 0.3 is 6.16 Å². The SMILES string of the molecule is CCOC(=O)Oc1[nH]c2ccc(Cl)cc2c1CNC1CCC(O)(c2cccc(OC)c2)C(CN(C)C)C1. The normalized spacial score (nSPS) is 21.8. The number of halogens is 1. The van der Waals surface area contributed by atoms with Crippen LogP contribution in [0.3, 0.4) is 0 Å². The largest absolute Gasteiger partial charge is 0.515 e. The second kappa shape index (κ2) is 11.7. The van der Waals surface area contributed by atoms with Crippen molar-refractivity contribution in [2.75, 3.05) is 34.4 Å². The van der Waals surface area contributed by atoms with Crippen molar-refractivity contribution in [3.05, 3.63) is 58.6 Å². The fraction of sp³-hybridized carbons (Fsp3) is 0.464. The molecule has 1 fully saturated rings. The van der Waals surface area contributed by atoms with Gasteiger partial charge in [0.1, 0.15) is 5.75 Å². The first-order valence-electron chi connectivity index (χ1n) is 12.6. The second-order valence-electron chi connectivity index (χ2n) is 9.88. The molecule has 4 rings (SSSR count). The number of rotatable bonds is 9. The predicted octanol–water partition coefficient (Wildman–Crippen LogP) is 5.07. The van der Waals surface area contributed by atoms with Crippen LogP contribution in [0.15, 0.2) is 42.5 Å². The van der Waals surface area contributed by atoms with Crippen molar-refractivity contribution in [1.82, 2.24) is 15.2 Å². The average molecular weight is 530 g/mol. The Kier molecular flexibility index (Phi) is 8.64. The minimum absolute atomic E-state index is 0.00789. The topological polar surface area (TPSA) is 96.0 Å². The Morgan fingerprint density at radius 1 is 1.27 bits per heavy atom. The van der Waals surface area contributed by atoms with Crippen LogP contribution in [0, 0.1) is 5.92 Å². The first-order chi connectivity index (χ1) is 17.7. The van der Waals surface area contributed by atoms with Gasteiger partial charge in [-0.2, -0.15) is 0 Å². The van der Waals surface area contributed by atoms with Gasteiger partial charge in [-0.3, -0.25) is 0 Å². The Morgan fingerprint density at radius 2 is 2.08 bits per heavy atom. The summed E-state index contributed by atoms with van der Waals surface area (Å²) in [6.45, 7) is 3.16. The third kappa shape index (κ3) is 6.21. The molecular formula is C28H36ClN3O5. The quantitative estimate of drug-likeness (QED) is 0.333. The van der Waals surface area contributed by atoms with Crippen molar-refractivity contribution in [2.24, 2.45) is 5.92 Å². The Balaban J connectivity index is 1.55. The average Bonchev–Trinajstić information content (AvgIpc) is 3.20. The number of benzene rings is 2. The van der Waals surface area contributed by atoms with Gasteiger partial charge in [-0.15, -0.1) is 0 Å². The molecule has 37 heavy (non-hydrogen) atoms. The van der Waals surface area contributed by atoms with Crippen LogP contribution >= 0.6 is 11.6 Å². The molecule has 0 aliphatic heterocycles. The van der Waals surface area contributed by atoms with E-state index in [1.807, 2.05) is 50.5 Å². The van der Waals surface area contributed by atoms with Crippen LogP contribution in [0.25, 0.3) is 10.9 Å². The Bertz CT molecular complexity index is 1230. The zero-order chi connectivity index (χ0) is 26.6. The lowest BCUT2D eigenvalue weighted by molar-refractivity contribution is -0.0694.